The fraction of sp³-hybridized carbons (Fsp3) is 0.111. The molecule has 5 nitrogen and oxygen atoms in total. The molecule has 158 valence electrons. The average molecular weight is 424 g/mol. The van der Waals surface area contributed by atoms with Crippen LogP contribution < -0.4 is 9.47 Å². The van der Waals surface area contributed by atoms with Crippen molar-refractivity contribution in [2.75, 3.05) is 13.2 Å². The predicted octanol–water partition coefficient (Wildman–Crippen LogP) is 5.20. The quantitative estimate of drug-likeness (QED) is 0.326. The molecule has 1 aliphatic heterocycles. The van der Waals surface area contributed by atoms with Crippen LogP contribution in [-0.4, -0.2) is 25.0 Å². The summed E-state index contributed by atoms with van der Waals surface area (Å²) in [6, 6.07) is 25.5. The Hall–Kier alpha value is -4.12. The van der Waals surface area contributed by atoms with Crippen LogP contribution in [0.5, 0.6) is 11.5 Å². The Morgan fingerprint density at radius 1 is 0.750 bits per heavy atom. The lowest BCUT2D eigenvalue weighted by atomic mass is 9.98. The van der Waals surface area contributed by atoms with E-state index in [1.807, 2.05) is 42.5 Å². The molecule has 32 heavy (non-hydrogen) atoms. The summed E-state index contributed by atoms with van der Waals surface area (Å²) in [5.41, 5.74) is 1.84. The molecule has 4 aromatic rings. The van der Waals surface area contributed by atoms with Gasteiger partial charge in [0.15, 0.2) is 17.3 Å². The van der Waals surface area contributed by atoms with E-state index in [0.29, 0.717) is 30.3 Å². The van der Waals surface area contributed by atoms with Gasteiger partial charge in [-0.1, -0.05) is 60.7 Å². The van der Waals surface area contributed by atoms with Gasteiger partial charge >= 0.3 is 5.97 Å². The Kier molecular flexibility index (Phi) is 5.30. The minimum atomic E-state index is -0.542. The smallest absolute Gasteiger partial charge is 0.339 e. The number of hydrogen-bond acceptors (Lipinski definition) is 5. The van der Waals surface area contributed by atoms with Crippen molar-refractivity contribution in [2.24, 2.45) is 0 Å². The highest BCUT2D eigenvalue weighted by molar-refractivity contribution is 6.14. The largest absolute Gasteiger partial charge is 0.486 e. The number of carbonyl (C=O) groups excluding carboxylic acids is 2. The number of hydrogen-bond donors (Lipinski definition) is 0. The van der Waals surface area contributed by atoms with Crippen LogP contribution in [0, 0.1) is 0 Å². The van der Waals surface area contributed by atoms with Crippen LogP contribution in [0.2, 0.25) is 0 Å². The average Bonchev–Trinajstić information content (AvgIpc) is 2.86. The second-order valence-corrected chi connectivity index (χ2v) is 7.45. The van der Waals surface area contributed by atoms with Gasteiger partial charge in [-0.05, 0) is 40.6 Å². The van der Waals surface area contributed by atoms with E-state index in [-0.39, 0.29) is 23.5 Å². The third kappa shape index (κ3) is 3.81. The molecule has 5 rings (SSSR count). The zero-order valence-corrected chi connectivity index (χ0v) is 17.2. The van der Waals surface area contributed by atoms with Gasteiger partial charge in [0.25, 0.3) is 0 Å². The Morgan fingerprint density at radius 2 is 1.47 bits per heavy atom. The molecule has 0 spiro atoms. The third-order valence-electron chi connectivity index (χ3n) is 5.43. The number of fused-ring (bicyclic) bond motifs is 2. The number of rotatable bonds is 5. The summed E-state index contributed by atoms with van der Waals surface area (Å²) in [6.45, 7) is 1.03. The van der Waals surface area contributed by atoms with E-state index in [1.54, 1.807) is 42.5 Å². The molecule has 0 radical (unpaired) electrons. The van der Waals surface area contributed by atoms with Crippen molar-refractivity contribution in [1.82, 2.24) is 0 Å². The van der Waals surface area contributed by atoms with Crippen LogP contribution in [0.1, 0.15) is 31.8 Å². The van der Waals surface area contributed by atoms with Gasteiger partial charge < -0.3 is 14.2 Å². The van der Waals surface area contributed by atoms with Crippen LogP contribution in [0.25, 0.3) is 10.8 Å². The monoisotopic (exact) mass is 424 g/mol. The lowest BCUT2D eigenvalue weighted by molar-refractivity contribution is 0.0472. The second-order valence-electron chi connectivity index (χ2n) is 7.45. The van der Waals surface area contributed by atoms with Gasteiger partial charge in [-0.2, -0.15) is 0 Å². The second kappa shape index (κ2) is 8.55. The van der Waals surface area contributed by atoms with Crippen LogP contribution in [-0.2, 0) is 11.3 Å². The van der Waals surface area contributed by atoms with E-state index >= 15 is 0 Å². The van der Waals surface area contributed by atoms with Crippen LogP contribution in [0.15, 0.2) is 84.9 Å². The van der Waals surface area contributed by atoms with Crippen molar-refractivity contribution >= 4 is 22.5 Å². The predicted molar refractivity (Wildman–Crippen MR) is 120 cm³/mol. The molecular weight excluding hydrogens is 404 g/mol. The summed E-state index contributed by atoms with van der Waals surface area (Å²) >= 11 is 0. The van der Waals surface area contributed by atoms with Gasteiger partial charge in [-0.15, -0.1) is 0 Å². The van der Waals surface area contributed by atoms with Gasteiger partial charge in [-0.25, -0.2) is 4.79 Å². The Morgan fingerprint density at radius 3 is 2.34 bits per heavy atom. The molecule has 0 unspecified atom stereocenters. The highest BCUT2D eigenvalue weighted by Crippen LogP contribution is 2.32. The number of ether oxygens (including phenoxy) is 3. The van der Waals surface area contributed by atoms with E-state index in [1.165, 1.54) is 0 Å². The zero-order valence-electron chi connectivity index (χ0n) is 17.2. The summed E-state index contributed by atoms with van der Waals surface area (Å²) in [5, 5.41) is 2.11. The normalized spacial score (nSPS) is 12.4. The molecule has 0 aliphatic carbocycles. The highest BCUT2D eigenvalue weighted by atomic mass is 16.6. The summed E-state index contributed by atoms with van der Waals surface area (Å²) in [5.74, 6) is 0.313. The molecule has 0 saturated heterocycles. The van der Waals surface area contributed by atoms with Crippen molar-refractivity contribution in [3.8, 4) is 11.5 Å². The maximum Gasteiger partial charge on any atom is 0.339 e. The Bertz CT molecular complexity index is 1320. The van der Waals surface area contributed by atoms with E-state index in [0.717, 1.165) is 16.3 Å². The minimum absolute atomic E-state index is 0.118. The van der Waals surface area contributed by atoms with Crippen LogP contribution in [0.4, 0.5) is 0 Å². The van der Waals surface area contributed by atoms with Gasteiger partial charge in [0.05, 0.1) is 5.56 Å². The van der Waals surface area contributed by atoms with E-state index < -0.39 is 5.97 Å². The summed E-state index contributed by atoms with van der Waals surface area (Å²) in [6.07, 6.45) is 0. The maximum atomic E-state index is 13.2. The molecule has 0 aromatic heterocycles. The van der Waals surface area contributed by atoms with E-state index in [9.17, 15) is 9.59 Å². The number of ketones is 1. The number of carbonyl (C=O) groups is 2. The highest BCUT2D eigenvalue weighted by Gasteiger charge is 2.21. The molecule has 0 bridgehead atoms. The molecule has 1 aliphatic rings. The number of benzene rings is 4. The van der Waals surface area contributed by atoms with E-state index in [4.69, 9.17) is 14.2 Å². The minimum Gasteiger partial charge on any atom is -0.486 e. The van der Waals surface area contributed by atoms with Crippen molar-refractivity contribution in [1.29, 1.82) is 0 Å². The number of esters is 1. The van der Waals surface area contributed by atoms with Gasteiger partial charge in [-0.3, -0.25) is 4.79 Å². The van der Waals surface area contributed by atoms with Gasteiger partial charge in [0, 0.05) is 11.1 Å². The molecule has 4 aromatic carbocycles. The molecule has 0 fully saturated rings. The standard InChI is InChI=1S/C27H20O5/c28-26(19-12-13-24-25(16-19)31-15-14-30-24)22-10-3-4-11-23(22)27(29)32-17-20-8-5-7-18-6-1-2-9-21(18)20/h1-13,16H,14-15,17H2. The van der Waals surface area contributed by atoms with Crippen molar-refractivity contribution in [3.63, 3.8) is 0 Å². The SMILES string of the molecule is O=C(OCc1cccc2ccccc12)c1ccccc1C(=O)c1ccc2c(c1)OCCO2. The van der Waals surface area contributed by atoms with Crippen LogP contribution >= 0.6 is 0 Å². The lowest BCUT2D eigenvalue weighted by Gasteiger charge is -2.18. The topological polar surface area (TPSA) is 61.8 Å². The summed E-state index contributed by atoms with van der Waals surface area (Å²) in [4.78, 5) is 26.1. The zero-order chi connectivity index (χ0) is 21.9. The van der Waals surface area contributed by atoms with Gasteiger partial charge in [0.2, 0.25) is 0 Å². The summed E-state index contributed by atoms with van der Waals surface area (Å²) < 4.78 is 16.7. The third-order valence-corrected chi connectivity index (χ3v) is 5.43. The maximum absolute atomic E-state index is 13.2. The van der Waals surface area contributed by atoms with Gasteiger partial charge in [0.1, 0.15) is 19.8 Å². The molecule has 5 heteroatoms. The molecule has 0 amide bonds. The molecule has 0 saturated carbocycles. The molecule has 0 N–H and O–H groups in total. The first-order valence-corrected chi connectivity index (χ1v) is 10.4. The first-order valence-electron chi connectivity index (χ1n) is 10.4. The molecule has 1 heterocycles. The Labute approximate surface area is 185 Å². The van der Waals surface area contributed by atoms with Crippen molar-refractivity contribution in [2.45, 2.75) is 6.61 Å². The van der Waals surface area contributed by atoms with E-state index in [2.05, 4.69) is 0 Å². The summed E-state index contributed by atoms with van der Waals surface area (Å²) in [7, 11) is 0. The molecule has 0 atom stereocenters. The molecular formula is C27H20O5. The van der Waals surface area contributed by atoms with Crippen LogP contribution in [0.3, 0.4) is 0 Å². The van der Waals surface area contributed by atoms with Crippen molar-refractivity contribution in [3.05, 3.63) is 107 Å². The first-order chi connectivity index (χ1) is 15.7. The fourth-order valence-corrected chi connectivity index (χ4v) is 3.84. The van der Waals surface area contributed by atoms with Crippen molar-refractivity contribution < 1.29 is 23.8 Å². The fourth-order valence-electron chi connectivity index (χ4n) is 3.84. The Balaban J connectivity index is 1.39. The first kappa shape index (κ1) is 19.8. The lowest BCUT2D eigenvalue weighted by Crippen LogP contribution is -2.16.